The minimum absolute atomic E-state index is 0.188. The molecule has 1 heterocycles. The average Bonchev–Trinajstić information content (AvgIpc) is 3.21. The van der Waals surface area contributed by atoms with E-state index in [-0.39, 0.29) is 23.7 Å². The van der Waals surface area contributed by atoms with Crippen molar-refractivity contribution >= 4 is 45.0 Å². The molecule has 178 valence electrons. The van der Waals surface area contributed by atoms with Gasteiger partial charge in [-0.25, -0.2) is 0 Å². The van der Waals surface area contributed by atoms with E-state index in [1.54, 1.807) is 42.3 Å². The Morgan fingerprint density at radius 1 is 1.00 bits per heavy atom. The number of primary amides is 1. The van der Waals surface area contributed by atoms with Crippen LogP contribution in [-0.4, -0.2) is 30.1 Å². The Morgan fingerprint density at radius 3 is 2.38 bits per heavy atom. The molecular weight excluding hydrogens is 452 g/mol. The molecule has 0 spiro atoms. The Balaban J connectivity index is 0.00000158. The Bertz CT molecular complexity index is 1360. The summed E-state index contributed by atoms with van der Waals surface area (Å²) in [5.74, 6) is -0.295. The van der Waals surface area contributed by atoms with E-state index in [2.05, 4.69) is 13.8 Å². The number of halogens is 1. The van der Waals surface area contributed by atoms with E-state index in [0.717, 1.165) is 27.2 Å². The molecule has 0 atom stereocenters. The number of hydrogen-bond acceptors (Lipinski definition) is 4. The maximum absolute atomic E-state index is 13.0. The molecule has 0 bridgehead atoms. The van der Waals surface area contributed by atoms with Crippen LogP contribution < -0.4 is 15.3 Å². The summed E-state index contributed by atoms with van der Waals surface area (Å²) in [4.78, 5) is 30.4. The van der Waals surface area contributed by atoms with Crippen LogP contribution in [0.3, 0.4) is 0 Å². The van der Waals surface area contributed by atoms with Crippen molar-refractivity contribution in [2.24, 2.45) is 5.73 Å². The second-order valence-corrected chi connectivity index (χ2v) is 8.33. The van der Waals surface area contributed by atoms with E-state index in [1.165, 1.54) is 0 Å². The van der Waals surface area contributed by atoms with Gasteiger partial charge in [0, 0.05) is 10.4 Å². The molecule has 34 heavy (non-hydrogen) atoms. The van der Waals surface area contributed by atoms with Crippen LogP contribution in [0.5, 0.6) is 5.75 Å². The summed E-state index contributed by atoms with van der Waals surface area (Å²) in [6.07, 6.45) is 1.65. The molecule has 0 aliphatic heterocycles. The van der Waals surface area contributed by atoms with Gasteiger partial charge in [-0.1, -0.05) is 57.5 Å². The third-order valence-corrected chi connectivity index (χ3v) is 5.72. The molecule has 0 fully saturated rings. The van der Waals surface area contributed by atoms with Crippen LogP contribution in [0.25, 0.3) is 21.7 Å². The molecule has 7 heteroatoms. The van der Waals surface area contributed by atoms with E-state index in [1.807, 2.05) is 38.1 Å². The van der Waals surface area contributed by atoms with Crippen molar-refractivity contribution in [3.63, 3.8) is 0 Å². The summed E-state index contributed by atoms with van der Waals surface area (Å²) in [6, 6.07) is 14.5. The van der Waals surface area contributed by atoms with E-state index in [9.17, 15) is 9.59 Å². The quantitative estimate of drug-likeness (QED) is 0.328. The molecule has 2 N–H and O–H groups in total. The minimum atomic E-state index is -0.647. The van der Waals surface area contributed by atoms with Crippen molar-refractivity contribution in [1.29, 1.82) is 0 Å². The highest BCUT2D eigenvalue weighted by molar-refractivity contribution is 6.31. The highest BCUT2D eigenvalue weighted by Gasteiger charge is 2.19. The maximum atomic E-state index is 13.0. The maximum Gasteiger partial charge on any atom is 0.252 e. The lowest BCUT2D eigenvalue weighted by atomic mass is 10.0. The number of fused-ring (bicyclic) bond motifs is 2. The first-order chi connectivity index (χ1) is 16.3. The van der Waals surface area contributed by atoms with Crippen molar-refractivity contribution in [2.75, 3.05) is 13.7 Å². The summed E-state index contributed by atoms with van der Waals surface area (Å²) < 4.78 is 7.35. The predicted octanol–water partition coefficient (Wildman–Crippen LogP) is 6.02. The Morgan fingerprint density at radius 2 is 1.74 bits per heavy atom. The van der Waals surface area contributed by atoms with Gasteiger partial charge in [-0.3, -0.25) is 9.59 Å². The number of rotatable bonds is 7. The van der Waals surface area contributed by atoms with Gasteiger partial charge < -0.3 is 15.3 Å². The first kappa shape index (κ1) is 25.1. The molecule has 0 aliphatic rings. The molecule has 3 aromatic carbocycles. The number of benzene rings is 3. The van der Waals surface area contributed by atoms with E-state index in [4.69, 9.17) is 26.9 Å². The van der Waals surface area contributed by atoms with Crippen LogP contribution in [-0.2, 0) is 0 Å². The third kappa shape index (κ3) is 5.02. The Hall–Kier alpha value is -3.51. The Kier molecular flexibility index (Phi) is 7.84. The monoisotopic (exact) mass is 480 g/mol. The number of carbonyl (C=O) groups is 2. The predicted molar refractivity (Wildman–Crippen MR) is 137 cm³/mol. The zero-order chi connectivity index (χ0) is 25.0. The molecule has 4 aromatic rings. The van der Waals surface area contributed by atoms with E-state index < -0.39 is 5.91 Å². The normalized spacial score (nSPS) is 10.8. The number of aromatic nitrogens is 1. The number of ether oxygens (including phenoxy) is 1. The standard InChI is InChI=1S/C25H23ClN2O4.C2H6/c1-14(2)15-5-7-19-21(12-28(31-3)22(19)10-15)23(29)13-32-24-11-16-4-6-18(26)8-17(16)9-20(24)25(27)30;1-2/h4-12,14H,13H2,1-3H3,(H2,27,30);1-2H3. The fraction of sp³-hybridized carbons (Fsp3) is 0.259. The topological polar surface area (TPSA) is 83.6 Å². The number of amides is 1. The van der Waals surface area contributed by atoms with Crippen LogP contribution in [0.1, 0.15) is 59.9 Å². The Labute approximate surface area is 204 Å². The van der Waals surface area contributed by atoms with Gasteiger partial charge in [0.05, 0.1) is 22.8 Å². The molecule has 0 aliphatic carbocycles. The molecule has 4 rings (SSSR count). The fourth-order valence-corrected chi connectivity index (χ4v) is 3.91. The molecule has 0 unspecified atom stereocenters. The number of carbonyl (C=O) groups excluding carboxylic acids is 2. The number of ketones is 1. The van der Waals surface area contributed by atoms with Gasteiger partial charge in [0.15, 0.2) is 6.61 Å². The zero-order valence-electron chi connectivity index (χ0n) is 20.0. The molecule has 1 aromatic heterocycles. The lowest BCUT2D eigenvalue weighted by Gasteiger charge is -2.11. The van der Waals surface area contributed by atoms with E-state index in [0.29, 0.717) is 16.5 Å². The molecule has 0 radical (unpaired) electrons. The lowest BCUT2D eigenvalue weighted by Crippen LogP contribution is -2.16. The third-order valence-electron chi connectivity index (χ3n) is 5.48. The van der Waals surface area contributed by atoms with E-state index >= 15 is 0 Å². The molecule has 0 saturated carbocycles. The molecular formula is C27H29ClN2O4. The van der Waals surface area contributed by atoms with Gasteiger partial charge in [0.1, 0.15) is 12.9 Å². The van der Waals surface area contributed by atoms with Crippen molar-refractivity contribution < 1.29 is 19.2 Å². The van der Waals surface area contributed by atoms with Crippen LogP contribution in [0.15, 0.2) is 54.7 Å². The second kappa shape index (κ2) is 10.6. The van der Waals surface area contributed by atoms with Crippen LogP contribution in [0.4, 0.5) is 0 Å². The number of nitrogens with zero attached hydrogens (tertiary/aromatic N) is 1. The highest BCUT2D eigenvalue weighted by atomic mass is 35.5. The van der Waals surface area contributed by atoms with Crippen molar-refractivity contribution in [3.05, 3.63) is 76.4 Å². The number of nitrogens with two attached hydrogens (primary N) is 1. The number of hydrogen-bond donors (Lipinski definition) is 1. The summed E-state index contributed by atoms with van der Waals surface area (Å²) in [7, 11) is 1.55. The summed E-state index contributed by atoms with van der Waals surface area (Å²) in [5, 5.41) is 2.90. The van der Waals surface area contributed by atoms with Crippen molar-refractivity contribution in [2.45, 2.75) is 33.6 Å². The van der Waals surface area contributed by atoms with Crippen LogP contribution in [0.2, 0.25) is 5.02 Å². The van der Waals surface area contributed by atoms with Gasteiger partial charge in [-0.15, -0.1) is 0 Å². The summed E-state index contributed by atoms with van der Waals surface area (Å²) >= 11 is 6.05. The number of Topliss-reactive ketones (excluding diaryl/α,β-unsaturated/α-hetero) is 1. The molecule has 1 amide bonds. The lowest BCUT2D eigenvalue weighted by molar-refractivity contribution is 0.0911. The zero-order valence-corrected chi connectivity index (χ0v) is 20.8. The highest BCUT2D eigenvalue weighted by Crippen LogP contribution is 2.29. The van der Waals surface area contributed by atoms with Crippen molar-refractivity contribution in [1.82, 2.24) is 4.73 Å². The summed E-state index contributed by atoms with van der Waals surface area (Å²) in [6.45, 7) is 7.96. The minimum Gasteiger partial charge on any atom is -0.485 e. The molecule has 6 nitrogen and oxygen atoms in total. The summed E-state index contributed by atoms with van der Waals surface area (Å²) in [5.41, 5.74) is 8.16. The van der Waals surface area contributed by atoms with Gasteiger partial charge >= 0.3 is 0 Å². The van der Waals surface area contributed by atoms with Crippen molar-refractivity contribution in [3.8, 4) is 5.75 Å². The second-order valence-electron chi connectivity index (χ2n) is 7.90. The molecule has 0 saturated heterocycles. The SMILES string of the molecule is CC.COn1cc(C(=O)COc2cc3ccc(Cl)cc3cc2C(N)=O)c2ccc(C(C)C)cc21. The average molecular weight is 481 g/mol. The first-order valence-electron chi connectivity index (χ1n) is 11.2. The largest absolute Gasteiger partial charge is 0.485 e. The van der Waals surface area contributed by atoms with Crippen LogP contribution in [0, 0.1) is 0 Å². The fourth-order valence-electron chi connectivity index (χ4n) is 3.73. The first-order valence-corrected chi connectivity index (χ1v) is 11.5. The smallest absolute Gasteiger partial charge is 0.252 e. The van der Waals surface area contributed by atoms with Gasteiger partial charge in [0.2, 0.25) is 5.78 Å². The van der Waals surface area contributed by atoms with Gasteiger partial charge in [-0.2, -0.15) is 4.73 Å². The van der Waals surface area contributed by atoms with Crippen LogP contribution >= 0.6 is 11.6 Å². The van der Waals surface area contributed by atoms with Gasteiger partial charge in [-0.05, 0) is 52.6 Å². The van der Waals surface area contributed by atoms with Gasteiger partial charge in [0.25, 0.3) is 5.91 Å².